The van der Waals surface area contributed by atoms with Crippen LogP contribution in [0.3, 0.4) is 0 Å². The molecular formula is C33H39BrF3N5O3. The van der Waals surface area contributed by atoms with Crippen molar-refractivity contribution in [1.29, 1.82) is 0 Å². The maximum absolute atomic E-state index is 13.5. The van der Waals surface area contributed by atoms with Crippen molar-refractivity contribution in [2.24, 2.45) is 13.0 Å². The molecule has 1 N–H and O–H groups in total. The van der Waals surface area contributed by atoms with Crippen molar-refractivity contribution in [2.75, 3.05) is 37.6 Å². The van der Waals surface area contributed by atoms with Crippen LogP contribution < -0.4 is 15.0 Å². The average Bonchev–Trinajstić information content (AvgIpc) is 3.33. The maximum Gasteiger partial charge on any atom is 0.421 e. The summed E-state index contributed by atoms with van der Waals surface area (Å²) in [5.74, 6) is -0.402. The van der Waals surface area contributed by atoms with E-state index >= 15 is 0 Å². The lowest BCUT2D eigenvalue weighted by molar-refractivity contribution is -0.140. The molecule has 2 amide bonds. The van der Waals surface area contributed by atoms with E-state index in [9.17, 15) is 22.8 Å². The Morgan fingerprint density at radius 1 is 1.02 bits per heavy atom. The quantitative estimate of drug-likeness (QED) is 0.275. The van der Waals surface area contributed by atoms with Crippen LogP contribution in [-0.2, 0) is 22.8 Å². The number of imide groups is 1. The van der Waals surface area contributed by atoms with Gasteiger partial charge in [-0.05, 0) is 87.7 Å². The fourth-order valence-electron chi connectivity index (χ4n) is 7.11. The van der Waals surface area contributed by atoms with Gasteiger partial charge >= 0.3 is 6.18 Å². The van der Waals surface area contributed by atoms with Crippen LogP contribution in [0.1, 0.15) is 68.5 Å². The number of rotatable bonds is 8. The fraction of sp³-hybridized carbons (Fsp3) is 0.545. The van der Waals surface area contributed by atoms with Gasteiger partial charge in [-0.1, -0.05) is 22.0 Å². The van der Waals surface area contributed by atoms with Crippen molar-refractivity contribution in [3.63, 3.8) is 0 Å². The second-order valence-electron chi connectivity index (χ2n) is 12.6. The Hall–Kier alpha value is -3.12. The monoisotopic (exact) mass is 689 g/mol. The Balaban J connectivity index is 0.945. The lowest BCUT2D eigenvalue weighted by Gasteiger charge is -2.36. The lowest BCUT2D eigenvalue weighted by Crippen LogP contribution is -2.46. The SMILES string of the molecule is Cn1nc(C2CCC(=O)NC2=O)c2ccc(N3CCN(CCC[C@H]4CC[C@H](Oc5cccc(Br)c5C(F)(F)F)CC4)CC3)cc21. The van der Waals surface area contributed by atoms with Gasteiger partial charge in [0.15, 0.2) is 0 Å². The molecule has 2 aliphatic heterocycles. The molecule has 1 aromatic heterocycles. The molecule has 0 spiro atoms. The number of alkyl halides is 3. The summed E-state index contributed by atoms with van der Waals surface area (Å²) in [6, 6.07) is 10.7. The third-order valence-electron chi connectivity index (χ3n) is 9.60. The topological polar surface area (TPSA) is 79.7 Å². The number of piperazine rings is 1. The van der Waals surface area contributed by atoms with E-state index in [-0.39, 0.29) is 28.1 Å². The number of hydrogen-bond acceptors (Lipinski definition) is 6. The van der Waals surface area contributed by atoms with Crippen molar-refractivity contribution in [3.05, 3.63) is 52.1 Å². The van der Waals surface area contributed by atoms with Crippen LogP contribution in [0.25, 0.3) is 10.9 Å². The summed E-state index contributed by atoms with van der Waals surface area (Å²) in [4.78, 5) is 29.0. The molecule has 45 heavy (non-hydrogen) atoms. The zero-order valence-corrected chi connectivity index (χ0v) is 27.0. The molecular weight excluding hydrogens is 651 g/mol. The molecule has 3 heterocycles. The number of nitrogens with zero attached hydrogens (tertiary/aromatic N) is 4. The number of aromatic nitrogens is 2. The molecule has 1 atom stereocenters. The first-order valence-corrected chi connectivity index (χ1v) is 16.7. The van der Waals surface area contributed by atoms with Gasteiger partial charge in [0, 0.05) is 55.2 Å². The number of piperidine rings is 1. The number of carbonyl (C=O) groups excluding carboxylic acids is 2. The van der Waals surface area contributed by atoms with Gasteiger partial charge in [-0.2, -0.15) is 18.3 Å². The van der Waals surface area contributed by atoms with Crippen LogP contribution in [0, 0.1) is 5.92 Å². The molecule has 8 nitrogen and oxygen atoms in total. The minimum Gasteiger partial charge on any atom is -0.490 e. The summed E-state index contributed by atoms with van der Waals surface area (Å²) in [7, 11) is 1.89. The highest BCUT2D eigenvalue weighted by atomic mass is 79.9. The number of nitrogens with one attached hydrogen (secondary N) is 1. The largest absolute Gasteiger partial charge is 0.490 e. The number of benzene rings is 2. The van der Waals surface area contributed by atoms with E-state index < -0.39 is 17.7 Å². The molecule has 242 valence electrons. The van der Waals surface area contributed by atoms with Crippen LogP contribution >= 0.6 is 15.9 Å². The molecule has 3 fully saturated rings. The first-order valence-electron chi connectivity index (χ1n) is 15.9. The smallest absolute Gasteiger partial charge is 0.421 e. The van der Waals surface area contributed by atoms with Crippen LogP contribution in [0.2, 0.25) is 0 Å². The molecule has 2 saturated heterocycles. The Kier molecular flexibility index (Phi) is 9.42. The van der Waals surface area contributed by atoms with Crippen LogP contribution in [-0.4, -0.2) is 65.3 Å². The van der Waals surface area contributed by atoms with Crippen LogP contribution in [0.5, 0.6) is 5.75 Å². The van der Waals surface area contributed by atoms with Gasteiger partial charge in [0.1, 0.15) is 11.3 Å². The summed E-state index contributed by atoms with van der Waals surface area (Å²) >= 11 is 3.03. The first kappa shape index (κ1) is 31.8. The number of aryl methyl sites for hydroxylation is 1. The zero-order valence-electron chi connectivity index (χ0n) is 25.4. The lowest BCUT2D eigenvalue weighted by atomic mass is 9.84. The number of halogens is 4. The summed E-state index contributed by atoms with van der Waals surface area (Å²) in [5, 5.41) is 8.06. The van der Waals surface area contributed by atoms with Gasteiger partial charge in [0.05, 0.1) is 23.2 Å². The Morgan fingerprint density at radius 3 is 2.49 bits per heavy atom. The van der Waals surface area contributed by atoms with Gasteiger partial charge < -0.3 is 9.64 Å². The highest BCUT2D eigenvalue weighted by Crippen LogP contribution is 2.42. The minimum absolute atomic E-state index is 0.0112. The highest BCUT2D eigenvalue weighted by molar-refractivity contribution is 9.10. The minimum atomic E-state index is -4.46. The third-order valence-corrected chi connectivity index (χ3v) is 10.3. The second kappa shape index (κ2) is 13.3. The van der Waals surface area contributed by atoms with Crippen molar-refractivity contribution < 1.29 is 27.5 Å². The van der Waals surface area contributed by atoms with E-state index in [1.165, 1.54) is 12.1 Å². The summed E-state index contributed by atoms with van der Waals surface area (Å²) in [6.45, 7) is 4.88. The molecule has 12 heteroatoms. The van der Waals surface area contributed by atoms with E-state index in [1.807, 2.05) is 11.7 Å². The molecule has 3 aromatic rings. The predicted octanol–water partition coefficient (Wildman–Crippen LogP) is 6.41. The Morgan fingerprint density at radius 2 is 1.78 bits per heavy atom. The summed E-state index contributed by atoms with van der Waals surface area (Å²) < 4.78 is 48.3. The van der Waals surface area contributed by atoms with Crippen molar-refractivity contribution in [2.45, 2.75) is 69.6 Å². The number of anilines is 1. The average molecular weight is 691 g/mol. The standard InChI is InChI=1S/C33H39BrF3N5O3/c1-40-27-20-22(9-12-24(27)31(39-40)25-13-14-29(43)38-32(25)44)42-18-16-41(17-19-42)15-3-4-21-7-10-23(11-8-21)45-28-6-2-5-26(34)30(28)33(35,36)37/h2,5-6,9,12,20-21,23,25H,3-4,7-8,10-11,13-19H2,1H3,(H,38,43,44)/t21-,23-,25?. The van der Waals surface area contributed by atoms with E-state index in [0.29, 0.717) is 18.8 Å². The first-order chi connectivity index (χ1) is 21.6. The van der Waals surface area contributed by atoms with Gasteiger partial charge in [0.2, 0.25) is 11.8 Å². The molecule has 0 radical (unpaired) electrons. The molecule has 1 unspecified atom stereocenters. The number of carbonyl (C=O) groups is 2. The molecule has 1 aliphatic carbocycles. The van der Waals surface area contributed by atoms with E-state index in [4.69, 9.17) is 4.74 Å². The molecule has 2 aromatic carbocycles. The molecule has 0 bridgehead atoms. The van der Waals surface area contributed by atoms with Gasteiger partial charge in [-0.15, -0.1) is 0 Å². The van der Waals surface area contributed by atoms with Crippen molar-refractivity contribution in [1.82, 2.24) is 20.0 Å². The maximum atomic E-state index is 13.5. The summed E-state index contributed by atoms with van der Waals surface area (Å²) in [6.07, 6.45) is 1.93. The fourth-order valence-corrected chi connectivity index (χ4v) is 7.68. The van der Waals surface area contributed by atoms with Crippen LogP contribution in [0.15, 0.2) is 40.9 Å². The molecule has 3 aliphatic rings. The van der Waals surface area contributed by atoms with Crippen LogP contribution in [0.4, 0.5) is 18.9 Å². The number of ether oxygens (including phenoxy) is 1. The number of amides is 2. The van der Waals surface area contributed by atoms with Gasteiger partial charge in [-0.25, -0.2) is 0 Å². The third kappa shape index (κ3) is 7.16. The van der Waals surface area contributed by atoms with Gasteiger partial charge in [0.25, 0.3) is 0 Å². The van der Waals surface area contributed by atoms with E-state index in [2.05, 4.69) is 54.3 Å². The van der Waals surface area contributed by atoms with Crippen molar-refractivity contribution in [3.8, 4) is 5.75 Å². The summed E-state index contributed by atoms with van der Waals surface area (Å²) in [5.41, 5.74) is 2.12. The Labute approximate surface area is 269 Å². The molecule has 1 saturated carbocycles. The Bertz CT molecular complexity index is 1540. The van der Waals surface area contributed by atoms with E-state index in [1.54, 1.807) is 6.07 Å². The predicted molar refractivity (Wildman–Crippen MR) is 169 cm³/mol. The second-order valence-corrected chi connectivity index (χ2v) is 13.4. The zero-order chi connectivity index (χ0) is 31.7. The van der Waals surface area contributed by atoms with Crippen molar-refractivity contribution >= 4 is 44.3 Å². The molecule has 6 rings (SSSR count). The van der Waals surface area contributed by atoms with Gasteiger partial charge in [-0.3, -0.25) is 24.5 Å². The highest BCUT2D eigenvalue weighted by Gasteiger charge is 2.38. The normalized spacial score (nSPS) is 23.4. The number of fused-ring (bicyclic) bond motifs is 1. The van der Waals surface area contributed by atoms with E-state index in [0.717, 1.165) is 93.5 Å². The number of hydrogen-bond donors (Lipinski definition) is 1.